The number of esters is 1. The Morgan fingerprint density at radius 3 is 2.83 bits per heavy atom. The fourth-order valence-electron chi connectivity index (χ4n) is 2.45. The van der Waals surface area contributed by atoms with E-state index in [2.05, 4.69) is 0 Å². The molecule has 0 aromatic heterocycles. The van der Waals surface area contributed by atoms with Crippen molar-refractivity contribution in [3.63, 3.8) is 0 Å². The van der Waals surface area contributed by atoms with Crippen LogP contribution in [0.4, 0.5) is 0 Å². The van der Waals surface area contributed by atoms with Crippen LogP contribution in [0.25, 0.3) is 0 Å². The molecule has 5 heteroatoms. The monoisotopic (exact) mass is 320 g/mol. The van der Waals surface area contributed by atoms with Gasteiger partial charge in [-0.05, 0) is 25.8 Å². The molecule has 0 saturated carbocycles. The second-order valence-electron chi connectivity index (χ2n) is 5.53. The summed E-state index contributed by atoms with van der Waals surface area (Å²) in [6.45, 7) is 4.44. The third-order valence-corrected chi connectivity index (χ3v) is 3.78. The summed E-state index contributed by atoms with van der Waals surface area (Å²) in [4.78, 5) is 11.7. The van der Waals surface area contributed by atoms with Crippen LogP contribution in [0.3, 0.4) is 0 Å². The number of benzene rings is 1. The van der Waals surface area contributed by atoms with Crippen LogP contribution in [0.5, 0.6) is 0 Å². The molecular weight excluding hydrogens is 296 g/mol. The fraction of sp³-hybridized carbons (Fsp3) is 0.500. The van der Waals surface area contributed by atoms with Crippen LogP contribution in [0.15, 0.2) is 41.7 Å². The number of carbonyl (C=O) groups excluding carboxylic acids is 1. The zero-order chi connectivity index (χ0) is 16.7. The highest BCUT2D eigenvalue weighted by Gasteiger charge is 2.30. The smallest absolute Gasteiger partial charge is 0.337 e. The third kappa shape index (κ3) is 5.08. The van der Waals surface area contributed by atoms with Gasteiger partial charge in [0.15, 0.2) is 0 Å². The largest absolute Gasteiger partial charge is 0.491 e. The first-order chi connectivity index (χ1) is 11.1. The Morgan fingerprint density at radius 2 is 2.13 bits per heavy atom. The van der Waals surface area contributed by atoms with Gasteiger partial charge in [0.2, 0.25) is 0 Å². The van der Waals surface area contributed by atoms with Crippen molar-refractivity contribution in [2.75, 3.05) is 13.2 Å². The zero-order valence-corrected chi connectivity index (χ0v) is 13.7. The van der Waals surface area contributed by atoms with Crippen molar-refractivity contribution in [1.82, 2.24) is 0 Å². The van der Waals surface area contributed by atoms with Crippen molar-refractivity contribution >= 4 is 5.97 Å². The molecule has 126 valence electrons. The number of carbonyl (C=O) groups is 1. The molecule has 0 bridgehead atoms. The SMILES string of the molecule is CCOC(=O)/C(C)=C1/CC[C@H]([C@@H](O)COCc2ccccc2)O1. The first-order valence-electron chi connectivity index (χ1n) is 7.95. The Morgan fingerprint density at radius 1 is 1.39 bits per heavy atom. The lowest BCUT2D eigenvalue weighted by atomic mass is 10.1. The Hall–Kier alpha value is -1.85. The Balaban J connectivity index is 1.79. The molecule has 0 spiro atoms. The third-order valence-electron chi connectivity index (χ3n) is 3.78. The van der Waals surface area contributed by atoms with Crippen LogP contribution in [0.2, 0.25) is 0 Å². The van der Waals surface area contributed by atoms with Crippen molar-refractivity contribution in [1.29, 1.82) is 0 Å². The predicted octanol–water partition coefficient (Wildman–Crippen LogP) is 2.58. The van der Waals surface area contributed by atoms with Gasteiger partial charge in [-0.1, -0.05) is 30.3 Å². The fourth-order valence-corrected chi connectivity index (χ4v) is 2.45. The van der Waals surface area contributed by atoms with Gasteiger partial charge in [0.05, 0.1) is 25.4 Å². The summed E-state index contributed by atoms with van der Waals surface area (Å²) >= 11 is 0. The van der Waals surface area contributed by atoms with E-state index < -0.39 is 6.10 Å². The molecular formula is C18H24O5. The van der Waals surface area contributed by atoms with E-state index in [9.17, 15) is 9.90 Å². The second kappa shape index (κ2) is 8.70. The molecule has 1 aliphatic heterocycles. The average Bonchev–Trinajstić information content (AvgIpc) is 3.05. The van der Waals surface area contributed by atoms with Crippen molar-refractivity contribution < 1.29 is 24.1 Å². The summed E-state index contributed by atoms with van der Waals surface area (Å²) < 4.78 is 16.2. The van der Waals surface area contributed by atoms with Crippen LogP contribution < -0.4 is 0 Å². The normalized spacial score (nSPS) is 20.7. The van der Waals surface area contributed by atoms with E-state index in [1.807, 2.05) is 30.3 Å². The lowest BCUT2D eigenvalue weighted by Crippen LogP contribution is -2.29. The van der Waals surface area contributed by atoms with Crippen molar-refractivity contribution in [2.45, 2.75) is 45.5 Å². The van der Waals surface area contributed by atoms with Gasteiger partial charge < -0.3 is 19.3 Å². The predicted molar refractivity (Wildman–Crippen MR) is 85.5 cm³/mol. The molecule has 1 saturated heterocycles. The molecule has 1 aromatic rings. The minimum atomic E-state index is -0.716. The van der Waals surface area contributed by atoms with E-state index >= 15 is 0 Å². The van der Waals surface area contributed by atoms with Crippen molar-refractivity contribution in [2.24, 2.45) is 0 Å². The number of hydrogen-bond acceptors (Lipinski definition) is 5. The highest BCUT2D eigenvalue weighted by molar-refractivity contribution is 5.88. The molecule has 1 aromatic carbocycles. The Labute approximate surface area is 136 Å². The zero-order valence-electron chi connectivity index (χ0n) is 13.7. The standard InChI is InChI=1S/C18H24O5/c1-3-22-18(20)13(2)16-9-10-17(23-16)15(19)12-21-11-14-7-5-4-6-8-14/h4-8,15,17,19H,3,9-12H2,1-2H3/b16-13-/t15-,17+/m0/s1. The van der Waals surface area contributed by atoms with Gasteiger partial charge in [-0.3, -0.25) is 0 Å². The molecule has 1 fully saturated rings. The summed E-state index contributed by atoms with van der Waals surface area (Å²) in [6.07, 6.45) is 0.240. The topological polar surface area (TPSA) is 65.0 Å². The number of allylic oxidation sites excluding steroid dienone is 1. The molecule has 1 N–H and O–H groups in total. The second-order valence-corrected chi connectivity index (χ2v) is 5.53. The molecule has 0 aliphatic carbocycles. The van der Waals surface area contributed by atoms with E-state index in [-0.39, 0.29) is 18.7 Å². The summed E-state index contributed by atoms with van der Waals surface area (Å²) in [5.41, 5.74) is 1.54. The summed E-state index contributed by atoms with van der Waals surface area (Å²) in [5, 5.41) is 10.2. The van der Waals surface area contributed by atoms with Gasteiger partial charge in [0.1, 0.15) is 18.0 Å². The maximum atomic E-state index is 11.7. The number of ether oxygens (including phenoxy) is 3. The minimum Gasteiger partial charge on any atom is -0.491 e. The van der Waals surface area contributed by atoms with E-state index in [4.69, 9.17) is 14.2 Å². The first kappa shape index (κ1) is 17.5. The van der Waals surface area contributed by atoms with Crippen LogP contribution in [-0.2, 0) is 25.6 Å². The molecule has 1 heterocycles. The lowest BCUT2D eigenvalue weighted by Gasteiger charge is -2.18. The summed E-state index contributed by atoms with van der Waals surface area (Å²) in [6, 6.07) is 9.79. The van der Waals surface area contributed by atoms with Crippen LogP contribution in [0, 0.1) is 0 Å². The van der Waals surface area contributed by atoms with Crippen molar-refractivity contribution in [3.8, 4) is 0 Å². The molecule has 23 heavy (non-hydrogen) atoms. The quantitative estimate of drug-likeness (QED) is 0.618. The van der Waals surface area contributed by atoms with Gasteiger partial charge in [-0.25, -0.2) is 4.79 Å². The Bertz CT molecular complexity index is 538. The highest BCUT2D eigenvalue weighted by atomic mass is 16.5. The van der Waals surface area contributed by atoms with Crippen molar-refractivity contribution in [3.05, 3.63) is 47.2 Å². The lowest BCUT2D eigenvalue weighted by molar-refractivity contribution is -0.138. The molecule has 0 unspecified atom stereocenters. The van der Waals surface area contributed by atoms with Gasteiger partial charge in [0.25, 0.3) is 0 Å². The van der Waals surface area contributed by atoms with Crippen LogP contribution in [-0.4, -0.2) is 36.5 Å². The first-order valence-corrected chi connectivity index (χ1v) is 7.95. The molecule has 2 atom stereocenters. The van der Waals surface area contributed by atoms with Gasteiger partial charge in [-0.2, -0.15) is 0 Å². The Kier molecular flexibility index (Phi) is 6.62. The number of aliphatic hydroxyl groups excluding tert-OH is 1. The van der Waals surface area contributed by atoms with Crippen LogP contribution >= 0.6 is 0 Å². The average molecular weight is 320 g/mol. The van der Waals surface area contributed by atoms with Gasteiger partial charge >= 0.3 is 5.97 Å². The van der Waals surface area contributed by atoms with E-state index in [1.165, 1.54) is 0 Å². The van der Waals surface area contributed by atoms with Gasteiger partial charge in [0, 0.05) is 6.42 Å². The highest BCUT2D eigenvalue weighted by Crippen LogP contribution is 2.28. The summed E-state index contributed by atoms with van der Waals surface area (Å²) in [5.74, 6) is 0.244. The number of aliphatic hydroxyl groups is 1. The number of hydrogen-bond donors (Lipinski definition) is 1. The van der Waals surface area contributed by atoms with E-state index in [0.717, 1.165) is 5.56 Å². The van der Waals surface area contributed by atoms with E-state index in [1.54, 1.807) is 13.8 Å². The minimum absolute atomic E-state index is 0.200. The molecule has 0 radical (unpaired) electrons. The molecule has 5 nitrogen and oxygen atoms in total. The van der Waals surface area contributed by atoms with Gasteiger partial charge in [-0.15, -0.1) is 0 Å². The van der Waals surface area contributed by atoms with Crippen LogP contribution in [0.1, 0.15) is 32.3 Å². The van der Waals surface area contributed by atoms with E-state index in [0.29, 0.717) is 37.4 Å². The molecule has 1 aliphatic rings. The molecule has 2 rings (SSSR count). The maximum absolute atomic E-state index is 11.7. The number of rotatable bonds is 7. The summed E-state index contributed by atoms with van der Waals surface area (Å²) in [7, 11) is 0. The molecule has 0 amide bonds. The maximum Gasteiger partial charge on any atom is 0.337 e.